The first-order valence-corrected chi connectivity index (χ1v) is 11.1. The van der Waals surface area contributed by atoms with Crippen molar-refractivity contribution in [2.45, 2.75) is 129 Å². The molecular weight excluding hydrogens is 310 g/mol. The molecule has 2 N–H and O–H groups in total. The smallest absolute Gasteiger partial charge is 0.305 e. The number of nitrogens with two attached hydrogens (primary N) is 1. The number of carbonyl (C=O) groups is 1. The molecule has 0 bridgehead atoms. The second-order valence-corrected chi connectivity index (χ2v) is 7.58. The van der Waals surface area contributed by atoms with Gasteiger partial charge < -0.3 is 10.5 Å². The number of carbonyl (C=O) groups excluding carboxylic acids is 1. The monoisotopic (exact) mass is 355 g/mol. The van der Waals surface area contributed by atoms with Crippen LogP contribution in [-0.2, 0) is 9.53 Å². The van der Waals surface area contributed by atoms with Crippen molar-refractivity contribution in [2.24, 2.45) is 5.73 Å². The molecule has 0 unspecified atom stereocenters. The molecular formula is C22H45NO2. The summed E-state index contributed by atoms with van der Waals surface area (Å²) in [6, 6.07) is 0.00976. The summed E-state index contributed by atoms with van der Waals surface area (Å²) in [4.78, 5) is 11.6. The van der Waals surface area contributed by atoms with E-state index in [4.69, 9.17) is 10.5 Å². The fraction of sp³-hybridized carbons (Fsp3) is 0.955. The van der Waals surface area contributed by atoms with E-state index in [2.05, 4.69) is 13.8 Å². The lowest BCUT2D eigenvalue weighted by molar-refractivity contribution is -0.144. The Kier molecular flexibility index (Phi) is 19.3. The third-order valence-electron chi connectivity index (χ3n) is 4.87. The van der Waals surface area contributed by atoms with Gasteiger partial charge in [-0.25, -0.2) is 0 Å². The summed E-state index contributed by atoms with van der Waals surface area (Å²) in [6.45, 7) is 4.80. The molecule has 150 valence electrons. The molecule has 0 heterocycles. The molecule has 3 heteroatoms. The zero-order chi connectivity index (χ0) is 18.6. The first-order chi connectivity index (χ1) is 12.2. The van der Waals surface area contributed by atoms with Gasteiger partial charge in [-0.1, -0.05) is 104 Å². The predicted molar refractivity (Wildman–Crippen MR) is 109 cm³/mol. The van der Waals surface area contributed by atoms with E-state index in [0.717, 1.165) is 32.1 Å². The highest BCUT2D eigenvalue weighted by Gasteiger charge is 2.07. The molecule has 0 aromatic heterocycles. The van der Waals surface area contributed by atoms with Crippen LogP contribution in [0.15, 0.2) is 0 Å². The molecule has 0 fully saturated rings. The van der Waals surface area contributed by atoms with E-state index in [0.29, 0.717) is 13.0 Å². The molecule has 25 heavy (non-hydrogen) atoms. The van der Waals surface area contributed by atoms with E-state index in [1.165, 1.54) is 70.6 Å². The van der Waals surface area contributed by atoms with Crippen molar-refractivity contribution < 1.29 is 9.53 Å². The van der Waals surface area contributed by atoms with E-state index in [9.17, 15) is 4.79 Å². The van der Waals surface area contributed by atoms with Crippen molar-refractivity contribution in [2.75, 3.05) is 6.61 Å². The molecule has 0 saturated carbocycles. The minimum atomic E-state index is -0.0741. The zero-order valence-electron chi connectivity index (χ0n) is 17.2. The topological polar surface area (TPSA) is 52.3 Å². The molecule has 0 spiro atoms. The fourth-order valence-corrected chi connectivity index (χ4v) is 3.11. The Balaban J connectivity index is 3.21. The minimum Gasteiger partial charge on any atom is -0.464 e. The molecule has 0 radical (unpaired) electrons. The van der Waals surface area contributed by atoms with Gasteiger partial charge in [0.25, 0.3) is 0 Å². The van der Waals surface area contributed by atoms with Gasteiger partial charge in [0, 0.05) is 12.5 Å². The van der Waals surface area contributed by atoms with Crippen molar-refractivity contribution in [3.63, 3.8) is 0 Å². The lowest BCUT2D eigenvalue weighted by Crippen LogP contribution is -2.27. The van der Waals surface area contributed by atoms with Gasteiger partial charge in [-0.2, -0.15) is 0 Å². The Morgan fingerprint density at radius 1 is 0.720 bits per heavy atom. The Hall–Kier alpha value is -0.570. The molecule has 1 atom stereocenters. The Morgan fingerprint density at radius 3 is 1.64 bits per heavy atom. The molecule has 0 amide bonds. The highest BCUT2D eigenvalue weighted by Crippen LogP contribution is 2.13. The number of ether oxygens (including phenoxy) is 1. The van der Waals surface area contributed by atoms with Crippen LogP contribution in [0, 0.1) is 0 Å². The second-order valence-electron chi connectivity index (χ2n) is 7.58. The SMILES string of the molecule is CCCCCCCCCCCCCCCC(=O)OC[C@@H](N)CCCC. The van der Waals surface area contributed by atoms with Crippen molar-refractivity contribution in [3.05, 3.63) is 0 Å². The van der Waals surface area contributed by atoms with E-state index < -0.39 is 0 Å². The molecule has 0 rings (SSSR count). The molecule has 0 aliphatic carbocycles. The Labute approximate surface area is 157 Å². The van der Waals surface area contributed by atoms with Gasteiger partial charge >= 0.3 is 5.97 Å². The molecule has 0 saturated heterocycles. The average molecular weight is 356 g/mol. The van der Waals surface area contributed by atoms with Crippen molar-refractivity contribution >= 4 is 5.97 Å². The van der Waals surface area contributed by atoms with Crippen LogP contribution in [0.5, 0.6) is 0 Å². The number of hydrogen-bond donors (Lipinski definition) is 1. The maximum absolute atomic E-state index is 11.6. The van der Waals surface area contributed by atoms with Gasteiger partial charge in [0.2, 0.25) is 0 Å². The summed E-state index contributed by atoms with van der Waals surface area (Å²) < 4.78 is 5.24. The van der Waals surface area contributed by atoms with E-state index in [-0.39, 0.29) is 12.0 Å². The summed E-state index contributed by atoms with van der Waals surface area (Å²) in [6.07, 6.45) is 21.0. The summed E-state index contributed by atoms with van der Waals surface area (Å²) in [5, 5.41) is 0. The van der Waals surface area contributed by atoms with E-state index in [1.54, 1.807) is 0 Å². The number of unbranched alkanes of at least 4 members (excludes halogenated alkanes) is 13. The van der Waals surface area contributed by atoms with Crippen LogP contribution in [0.2, 0.25) is 0 Å². The maximum Gasteiger partial charge on any atom is 0.305 e. The predicted octanol–water partition coefficient (Wildman–Crippen LogP) is 6.53. The van der Waals surface area contributed by atoms with Gasteiger partial charge in [0.15, 0.2) is 0 Å². The van der Waals surface area contributed by atoms with Gasteiger partial charge in [-0.3, -0.25) is 4.79 Å². The van der Waals surface area contributed by atoms with Crippen LogP contribution >= 0.6 is 0 Å². The maximum atomic E-state index is 11.6. The van der Waals surface area contributed by atoms with Crippen molar-refractivity contribution in [1.29, 1.82) is 0 Å². The molecule has 0 aromatic carbocycles. The number of esters is 1. The fourth-order valence-electron chi connectivity index (χ4n) is 3.11. The van der Waals surface area contributed by atoms with Crippen LogP contribution in [0.1, 0.15) is 123 Å². The zero-order valence-corrected chi connectivity index (χ0v) is 17.2. The van der Waals surface area contributed by atoms with Crippen LogP contribution in [0.4, 0.5) is 0 Å². The van der Waals surface area contributed by atoms with Crippen molar-refractivity contribution in [1.82, 2.24) is 0 Å². The van der Waals surface area contributed by atoms with Gasteiger partial charge in [-0.15, -0.1) is 0 Å². The summed E-state index contributed by atoms with van der Waals surface area (Å²) in [5.74, 6) is -0.0741. The normalized spacial score (nSPS) is 12.3. The molecule has 0 aromatic rings. The molecule has 0 aliphatic rings. The first-order valence-electron chi connectivity index (χ1n) is 11.1. The van der Waals surface area contributed by atoms with E-state index in [1.807, 2.05) is 0 Å². The molecule has 3 nitrogen and oxygen atoms in total. The summed E-state index contributed by atoms with van der Waals surface area (Å²) in [5.41, 5.74) is 5.91. The first kappa shape index (κ1) is 24.4. The largest absolute Gasteiger partial charge is 0.464 e. The summed E-state index contributed by atoms with van der Waals surface area (Å²) in [7, 11) is 0. The number of hydrogen-bond acceptors (Lipinski definition) is 3. The van der Waals surface area contributed by atoms with E-state index >= 15 is 0 Å². The quantitative estimate of drug-likeness (QED) is 0.212. The second kappa shape index (κ2) is 19.8. The molecule has 0 aliphatic heterocycles. The van der Waals surface area contributed by atoms with Gasteiger partial charge in [0.05, 0.1) is 0 Å². The summed E-state index contributed by atoms with van der Waals surface area (Å²) >= 11 is 0. The highest BCUT2D eigenvalue weighted by atomic mass is 16.5. The Morgan fingerprint density at radius 2 is 1.16 bits per heavy atom. The van der Waals surface area contributed by atoms with Crippen LogP contribution in [0.25, 0.3) is 0 Å². The van der Waals surface area contributed by atoms with Crippen LogP contribution < -0.4 is 5.73 Å². The lowest BCUT2D eigenvalue weighted by Gasteiger charge is -2.11. The Bertz CT molecular complexity index is 281. The minimum absolute atomic E-state index is 0.00976. The highest BCUT2D eigenvalue weighted by molar-refractivity contribution is 5.69. The third-order valence-corrected chi connectivity index (χ3v) is 4.87. The van der Waals surface area contributed by atoms with Crippen LogP contribution in [0.3, 0.4) is 0 Å². The average Bonchev–Trinajstić information content (AvgIpc) is 2.62. The van der Waals surface area contributed by atoms with Crippen LogP contribution in [-0.4, -0.2) is 18.6 Å². The van der Waals surface area contributed by atoms with Gasteiger partial charge in [-0.05, 0) is 12.8 Å². The lowest BCUT2D eigenvalue weighted by atomic mass is 10.0. The number of rotatable bonds is 19. The third kappa shape index (κ3) is 19.6. The van der Waals surface area contributed by atoms with Crippen molar-refractivity contribution in [3.8, 4) is 0 Å². The standard InChI is InChI=1S/C22H45NO2/c1-3-5-7-8-9-10-11-12-13-14-15-16-17-19-22(24)25-20-21(23)18-6-4-2/h21H,3-20,23H2,1-2H3/t21-/m0/s1. The van der Waals surface area contributed by atoms with Gasteiger partial charge in [0.1, 0.15) is 6.61 Å².